The lowest BCUT2D eigenvalue weighted by molar-refractivity contribution is -0.294. The summed E-state index contributed by atoms with van der Waals surface area (Å²) < 4.78 is 25.6. The maximum atomic E-state index is 11.5. The van der Waals surface area contributed by atoms with Crippen LogP contribution in [0.2, 0.25) is 0 Å². The van der Waals surface area contributed by atoms with Crippen LogP contribution in [-0.2, 0) is 38.1 Å². The molecular formula is C15H18N2O8. The Balaban J connectivity index is 3.38. The summed E-state index contributed by atoms with van der Waals surface area (Å²) in [4.78, 5) is 33.9. The molecule has 1 aliphatic heterocycles. The fourth-order valence-electron chi connectivity index (χ4n) is 2.44. The molecular weight excluding hydrogens is 336 g/mol. The Kier molecular flexibility index (Phi) is 6.86. The second-order valence-electron chi connectivity index (χ2n) is 5.23. The second kappa shape index (κ2) is 8.42. The van der Waals surface area contributed by atoms with Gasteiger partial charge in [0, 0.05) is 27.9 Å². The largest absolute Gasteiger partial charge is 0.463 e. The first-order valence-corrected chi connectivity index (χ1v) is 7.20. The van der Waals surface area contributed by atoms with Crippen molar-refractivity contribution >= 4 is 17.9 Å². The van der Waals surface area contributed by atoms with Crippen LogP contribution in [0.3, 0.4) is 0 Å². The van der Waals surface area contributed by atoms with E-state index >= 15 is 0 Å². The number of hydrogen-bond donors (Lipinski definition) is 0. The first kappa shape index (κ1) is 20.4. The molecule has 1 saturated heterocycles. The molecule has 1 rings (SSSR count). The number of hydrogen-bond acceptors (Lipinski definition) is 10. The quantitative estimate of drug-likeness (QED) is 0.481. The van der Waals surface area contributed by atoms with Gasteiger partial charge in [0.2, 0.25) is 5.41 Å². The van der Waals surface area contributed by atoms with E-state index in [2.05, 4.69) is 0 Å². The van der Waals surface area contributed by atoms with E-state index in [1.807, 2.05) is 0 Å². The molecule has 0 aromatic carbocycles. The van der Waals surface area contributed by atoms with Crippen LogP contribution >= 0.6 is 0 Å². The van der Waals surface area contributed by atoms with Crippen molar-refractivity contribution in [2.24, 2.45) is 5.41 Å². The van der Waals surface area contributed by atoms with Crippen molar-refractivity contribution in [3.63, 3.8) is 0 Å². The van der Waals surface area contributed by atoms with Gasteiger partial charge in [0.05, 0.1) is 12.1 Å². The van der Waals surface area contributed by atoms with Crippen LogP contribution < -0.4 is 0 Å². The van der Waals surface area contributed by atoms with Crippen LogP contribution in [0.15, 0.2) is 0 Å². The minimum atomic E-state index is -2.12. The average Bonchev–Trinajstić information content (AvgIpc) is 2.53. The minimum absolute atomic E-state index is 0.398. The van der Waals surface area contributed by atoms with Gasteiger partial charge in [0.1, 0.15) is 12.7 Å². The monoisotopic (exact) mass is 354 g/mol. The number of nitriles is 2. The fraction of sp³-hybridized carbons (Fsp3) is 0.667. The second-order valence-corrected chi connectivity index (χ2v) is 5.23. The Morgan fingerprint density at radius 2 is 1.52 bits per heavy atom. The molecule has 136 valence electrons. The SMILES string of the molecule is CO[C@@H]1O[C@H](COC(C)=O)[C@H](OC(C)=O)C(C#N)(C#N)[C@H]1OC(C)=O. The molecule has 0 aliphatic carbocycles. The maximum Gasteiger partial charge on any atom is 0.303 e. The Labute approximate surface area is 144 Å². The van der Waals surface area contributed by atoms with Crippen molar-refractivity contribution in [1.29, 1.82) is 10.5 Å². The van der Waals surface area contributed by atoms with Crippen molar-refractivity contribution in [1.82, 2.24) is 0 Å². The molecule has 10 nitrogen and oxygen atoms in total. The molecule has 0 amide bonds. The smallest absolute Gasteiger partial charge is 0.303 e. The highest BCUT2D eigenvalue weighted by molar-refractivity contribution is 5.68. The number of rotatable bonds is 5. The number of ether oxygens (including phenoxy) is 5. The summed E-state index contributed by atoms with van der Waals surface area (Å²) in [6.07, 6.45) is -5.45. The molecule has 25 heavy (non-hydrogen) atoms. The Morgan fingerprint density at radius 1 is 1.00 bits per heavy atom. The van der Waals surface area contributed by atoms with Gasteiger partial charge in [-0.3, -0.25) is 14.4 Å². The third-order valence-electron chi connectivity index (χ3n) is 3.43. The zero-order valence-electron chi connectivity index (χ0n) is 14.2. The van der Waals surface area contributed by atoms with Gasteiger partial charge in [-0.2, -0.15) is 10.5 Å². The standard InChI is InChI=1S/C15H18N2O8/c1-8(18)22-5-11-12(23-9(2)19)15(6-16,7-17)13(24-10(3)20)14(21-4)25-11/h11-14H,5H2,1-4H3/t11-,12+,13+,14-/m1/s1. The van der Waals surface area contributed by atoms with Crippen LogP contribution in [0.5, 0.6) is 0 Å². The number of methoxy groups -OCH3 is 1. The van der Waals surface area contributed by atoms with E-state index < -0.39 is 54.5 Å². The van der Waals surface area contributed by atoms with E-state index in [1.54, 1.807) is 12.1 Å². The minimum Gasteiger partial charge on any atom is -0.463 e. The van der Waals surface area contributed by atoms with Crippen molar-refractivity contribution in [3.05, 3.63) is 0 Å². The third kappa shape index (κ3) is 4.44. The first-order valence-electron chi connectivity index (χ1n) is 7.20. The molecule has 0 aromatic rings. The van der Waals surface area contributed by atoms with Crippen LogP contribution in [0, 0.1) is 28.1 Å². The van der Waals surface area contributed by atoms with E-state index in [9.17, 15) is 24.9 Å². The van der Waals surface area contributed by atoms with E-state index in [1.165, 1.54) is 7.11 Å². The zero-order chi connectivity index (χ0) is 19.2. The van der Waals surface area contributed by atoms with Crippen molar-refractivity contribution in [2.75, 3.05) is 13.7 Å². The van der Waals surface area contributed by atoms with Gasteiger partial charge in [0.15, 0.2) is 18.5 Å². The molecule has 0 spiro atoms. The highest BCUT2D eigenvalue weighted by Crippen LogP contribution is 2.41. The van der Waals surface area contributed by atoms with Gasteiger partial charge in [-0.25, -0.2) is 0 Å². The van der Waals surface area contributed by atoms with Gasteiger partial charge < -0.3 is 23.7 Å². The Bertz CT molecular complexity index is 606. The molecule has 0 saturated carbocycles. The molecule has 0 bridgehead atoms. The number of esters is 3. The van der Waals surface area contributed by atoms with Gasteiger partial charge >= 0.3 is 17.9 Å². The summed E-state index contributed by atoms with van der Waals surface area (Å²) in [6, 6.07) is 3.49. The van der Waals surface area contributed by atoms with Crippen LogP contribution in [0.25, 0.3) is 0 Å². The fourth-order valence-corrected chi connectivity index (χ4v) is 2.44. The number of carbonyl (C=O) groups is 3. The van der Waals surface area contributed by atoms with Gasteiger partial charge in [0.25, 0.3) is 0 Å². The molecule has 4 atom stereocenters. The normalized spacial score (nSPS) is 27.3. The lowest BCUT2D eigenvalue weighted by Gasteiger charge is -2.45. The number of carbonyl (C=O) groups excluding carboxylic acids is 3. The summed E-state index contributed by atoms with van der Waals surface area (Å²) in [5.74, 6) is -2.22. The molecule has 1 aliphatic rings. The van der Waals surface area contributed by atoms with Gasteiger partial charge in [-0.15, -0.1) is 0 Å². The van der Waals surface area contributed by atoms with E-state index in [-0.39, 0.29) is 0 Å². The summed E-state index contributed by atoms with van der Waals surface area (Å²) in [6.45, 7) is 2.91. The highest BCUT2D eigenvalue weighted by atomic mass is 16.7. The predicted octanol–water partition coefficient (Wildman–Crippen LogP) is -0.182. The summed E-state index contributed by atoms with van der Waals surface area (Å²) in [5, 5.41) is 19.3. The molecule has 1 heterocycles. The summed E-state index contributed by atoms with van der Waals surface area (Å²) in [7, 11) is 1.22. The van der Waals surface area contributed by atoms with Crippen molar-refractivity contribution in [3.8, 4) is 12.1 Å². The van der Waals surface area contributed by atoms with Crippen LogP contribution in [0.4, 0.5) is 0 Å². The van der Waals surface area contributed by atoms with Crippen molar-refractivity contribution in [2.45, 2.75) is 45.4 Å². The number of nitrogens with zero attached hydrogens (tertiary/aromatic N) is 2. The molecule has 0 unspecified atom stereocenters. The van der Waals surface area contributed by atoms with E-state index in [0.717, 1.165) is 20.8 Å². The van der Waals surface area contributed by atoms with Gasteiger partial charge in [-0.05, 0) is 0 Å². The summed E-state index contributed by atoms with van der Waals surface area (Å²) in [5.41, 5.74) is -2.12. The average molecular weight is 354 g/mol. The van der Waals surface area contributed by atoms with E-state index in [4.69, 9.17) is 23.7 Å². The molecule has 0 N–H and O–H groups in total. The van der Waals surface area contributed by atoms with Crippen LogP contribution in [0.1, 0.15) is 20.8 Å². The predicted molar refractivity (Wildman–Crippen MR) is 77.1 cm³/mol. The molecule has 10 heteroatoms. The van der Waals surface area contributed by atoms with Crippen LogP contribution in [-0.4, -0.2) is 56.2 Å². The lowest BCUT2D eigenvalue weighted by Crippen LogP contribution is -2.64. The Hall–Kier alpha value is -2.69. The highest BCUT2D eigenvalue weighted by Gasteiger charge is 2.62. The van der Waals surface area contributed by atoms with Gasteiger partial charge in [-0.1, -0.05) is 0 Å². The van der Waals surface area contributed by atoms with Crippen molar-refractivity contribution < 1.29 is 38.1 Å². The Morgan fingerprint density at radius 3 is 1.92 bits per heavy atom. The molecule has 0 radical (unpaired) electrons. The molecule has 1 fully saturated rings. The topological polar surface area (TPSA) is 145 Å². The van der Waals surface area contributed by atoms with E-state index in [0.29, 0.717) is 0 Å². The summed E-state index contributed by atoms with van der Waals surface area (Å²) >= 11 is 0. The third-order valence-corrected chi connectivity index (χ3v) is 3.43. The first-order chi connectivity index (χ1) is 11.7. The maximum absolute atomic E-state index is 11.5. The lowest BCUT2D eigenvalue weighted by atomic mass is 9.74. The molecule has 0 aromatic heterocycles. The zero-order valence-corrected chi connectivity index (χ0v) is 14.2.